The number of hydrazine groups is 1. The molecule has 3 N–H and O–H groups in total. The number of hydrogen-bond donors (Lipinski definition) is 3. The third kappa shape index (κ3) is 4.57. The number of amides is 4. The summed E-state index contributed by atoms with van der Waals surface area (Å²) in [6, 6.07) is -1.02. The molecule has 0 spiro atoms. The van der Waals surface area contributed by atoms with Gasteiger partial charge in [-0.05, 0) is 39.0 Å². The van der Waals surface area contributed by atoms with Crippen LogP contribution in [0.5, 0.6) is 0 Å². The summed E-state index contributed by atoms with van der Waals surface area (Å²) in [5.74, 6) is -1.28. The highest BCUT2D eigenvalue weighted by atomic mass is 32.2. The fourth-order valence-corrected chi connectivity index (χ4v) is 6.83. The Hall–Kier alpha value is -1.76. The minimum absolute atomic E-state index is 0.0525. The fraction of sp³-hybridized carbons (Fsp3) is 0.842. The zero-order valence-corrected chi connectivity index (χ0v) is 19.1. The molecule has 4 amide bonds. The van der Waals surface area contributed by atoms with Crippen molar-refractivity contribution >= 4 is 27.9 Å². The van der Waals surface area contributed by atoms with Gasteiger partial charge in [0.25, 0.3) is 0 Å². The first-order valence-corrected chi connectivity index (χ1v) is 12.4. The molecule has 2 saturated carbocycles. The summed E-state index contributed by atoms with van der Waals surface area (Å²) < 4.78 is 28.5. The van der Waals surface area contributed by atoms with E-state index >= 15 is 0 Å². The van der Waals surface area contributed by atoms with Crippen LogP contribution in [0.1, 0.15) is 39.0 Å². The minimum atomic E-state index is -3.56. The van der Waals surface area contributed by atoms with E-state index in [9.17, 15) is 22.8 Å². The van der Waals surface area contributed by atoms with Crippen LogP contribution in [-0.4, -0.2) is 97.7 Å². The van der Waals surface area contributed by atoms with Gasteiger partial charge in [0, 0.05) is 38.8 Å². The predicted octanol–water partition coefficient (Wildman–Crippen LogP) is -1.18. The molecule has 4 atom stereocenters. The molecule has 0 aromatic rings. The lowest BCUT2D eigenvalue weighted by atomic mass is 9.81. The smallest absolute Gasteiger partial charge is 0.327 e. The molecule has 4 fully saturated rings. The van der Waals surface area contributed by atoms with Crippen LogP contribution in [-0.2, 0) is 19.6 Å². The van der Waals surface area contributed by atoms with Crippen LogP contribution < -0.4 is 15.5 Å². The van der Waals surface area contributed by atoms with Gasteiger partial charge in [0.2, 0.25) is 21.8 Å². The Labute approximate surface area is 182 Å². The number of urea groups is 1. The zero-order chi connectivity index (χ0) is 22.6. The number of fused-ring (bicyclic) bond motifs is 1. The van der Waals surface area contributed by atoms with Gasteiger partial charge in [-0.15, -0.1) is 0 Å². The molecule has 31 heavy (non-hydrogen) atoms. The number of nitrogens with zero attached hydrogens (tertiary/aromatic N) is 3. The summed E-state index contributed by atoms with van der Waals surface area (Å²) >= 11 is 0. The highest BCUT2D eigenvalue weighted by Crippen LogP contribution is 2.39. The van der Waals surface area contributed by atoms with Crippen molar-refractivity contribution in [2.75, 3.05) is 33.7 Å². The van der Waals surface area contributed by atoms with E-state index in [0.29, 0.717) is 25.9 Å². The van der Waals surface area contributed by atoms with Crippen LogP contribution in [0.2, 0.25) is 0 Å². The molecule has 4 rings (SSSR count). The number of hydrogen-bond acceptors (Lipinski definition) is 7. The average molecular weight is 457 g/mol. The maximum absolute atomic E-state index is 12.9. The summed E-state index contributed by atoms with van der Waals surface area (Å²) in [7, 11) is -0.283. The first kappa shape index (κ1) is 22.4. The highest BCUT2D eigenvalue weighted by molar-refractivity contribution is 7.90. The number of rotatable bonds is 6. The van der Waals surface area contributed by atoms with Crippen molar-refractivity contribution in [3.63, 3.8) is 0 Å². The molecule has 2 aliphatic heterocycles. The van der Waals surface area contributed by atoms with E-state index in [-0.39, 0.29) is 36.4 Å². The van der Waals surface area contributed by atoms with Crippen LogP contribution in [0, 0.1) is 5.92 Å². The molecule has 4 aliphatic rings. The first-order chi connectivity index (χ1) is 14.5. The molecule has 0 aromatic heterocycles. The van der Waals surface area contributed by atoms with Gasteiger partial charge in [0.15, 0.2) is 0 Å². The van der Waals surface area contributed by atoms with E-state index in [1.165, 1.54) is 11.9 Å². The molecule has 0 bridgehead atoms. The van der Waals surface area contributed by atoms with Crippen molar-refractivity contribution in [3.05, 3.63) is 0 Å². The van der Waals surface area contributed by atoms with E-state index in [1.807, 2.05) is 19.0 Å². The summed E-state index contributed by atoms with van der Waals surface area (Å²) in [6.45, 7) is 3.01. The number of imide groups is 1. The van der Waals surface area contributed by atoms with Crippen LogP contribution >= 0.6 is 0 Å². The molecule has 2 aliphatic carbocycles. The summed E-state index contributed by atoms with van der Waals surface area (Å²) in [6.07, 6.45) is 2.51. The van der Waals surface area contributed by atoms with Crippen LogP contribution in [0.3, 0.4) is 0 Å². The van der Waals surface area contributed by atoms with E-state index in [2.05, 4.69) is 15.5 Å². The molecule has 174 valence electrons. The third-order valence-corrected chi connectivity index (χ3v) is 9.04. The second kappa shape index (κ2) is 7.98. The van der Waals surface area contributed by atoms with Crippen molar-refractivity contribution < 1.29 is 22.8 Å². The Morgan fingerprint density at radius 3 is 2.55 bits per heavy atom. The topological polar surface area (TPSA) is 131 Å². The lowest BCUT2D eigenvalue weighted by Gasteiger charge is -2.47. The number of sulfonamides is 1. The van der Waals surface area contributed by atoms with Crippen molar-refractivity contribution in [2.24, 2.45) is 5.92 Å². The van der Waals surface area contributed by atoms with Gasteiger partial charge < -0.3 is 10.2 Å². The predicted molar refractivity (Wildman–Crippen MR) is 112 cm³/mol. The molecular formula is C19H32N6O5S. The van der Waals surface area contributed by atoms with Crippen LogP contribution in [0.25, 0.3) is 0 Å². The summed E-state index contributed by atoms with van der Waals surface area (Å²) in [5.41, 5.74) is 2.74. The maximum atomic E-state index is 12.9. The van der Waals surface area contributed by atoms with Gasteiger partial charge in [-0.2, -0.15) is 0 Å². The van der Waals surface area contributed by atoms with E-state index in [1.54, 1.807) is 0 Å². The Balaban J connectivity index is 1.44. The van der Waals surface area contributed by atoms with E-state index < -0.39 is 33.3 Å². The fourth-order valence-electron chi connectivity index (χ4n) is 4.87. The lowest BCUT2D eigenvalue weighted by molar-refractivity contribution is -0.140. The molecule has 0 radical (unpaired) electrons. The quantitative estimate of drug-likeness (QED) is 0.459. The van der Waals surface area contributed by atoms with Gasteiger partial charge in [-0.3, -0.25) is 19.9 Å². The average Bonchev–Trinajstić information content (AvgIpc) is 3.28. The highest BCUT2D eigenvalue weighted by Gasteiger charge is 2.51. The van der Waals surface area contributed by atoms with Gasteiger partial charge in [-0.25, -0.2) is 22.9 Å². The van der Waals surface area contributed by atoms with Crippen LogP contribution in [0.4, 0.5) is 4.79 Å². The number of carbonyl (C=O) groups excluding carboxylic acids is 3. The number of nitrogens with one attached hydrogen (secondary N) is 3. The first-order valence-electron chi connectivity index (χ1n) is 10.8. The maximum Gasteiger partial charge on any atom is 0.327 e. The van der Waals surface area contributed by atoms with Crippen LogP contribution in [0.15, 0.2) is 0 Å². The standard InChI is InChI=1S/C19H32N6O5S/c1-19(6-7-19)22-31(29,30)13-4-5-15-14(8-13)17(27)24(3)18(28)25(15)11-16(26)21-12-9-20-23(2)10-12/h12-15,20,22H,4-11H2,1-3H3,(H,21,26). The Bertz CT molecular complexity index is 875. The number of likely N-dealkylation sites (N-methyl/N-ethyl adjacent to an activating group) is 1. The molecule has 2 saturated heterocycles. The monoisotopic (exact) mass is 456 g/mol. The van der Waals surface area contributed by atoms with Gasteiger partial charge in [0.05, 0.1) is 17.2 Å². The molecule has 12 heteroatoms. The lowest BCUT2D eigenvalue weighted by Crippen LogP contribution is -2.64. The van der Waals surface area contributed by atoms with Gasteiger partial charge in [-0.1, -0.05) is 0 Å². The Morgan fingerprint density at radius 2 is 1.94 bits per heavy atom. The van der Waals surface area contributed by atoms with Gasteiger partial charge in [0.1, 0.15) is 6.54 Å². The number of carbonyl (C=O) groups is 3. The largest absolute Gasteiger partial charge is 0.349 e. The van der Waals surface area contributed by atoms with E-state index in [0.717, 1.165) is 17.7 Å². The molecular weight excluding hydrogens is 424 g/mol. The molecule has 0 aromatic carbocycles. The van der Waals surface area contributed by atoms with Crippen molar-refractivity contribution in [3.8, 4) is 0 Å². The summed E-state index contributed by atoms with van der Waals surface area (Å²) in [5, 5.41) is 4.13. The molecule has 11 nitrogen and oxygen atoms in total. The zero-order valence-electron chi connectivity index (χ0n) is 18.3. The Morgan fingerprint density at radius 1 is 1.23 bits per heavy atom. The Kier molecular flexibility index (Phi) is 5.78. The van der Waals surface area contributed by atoms with Crippen molar-refractivity contribution in [1.82, 2.24) is 30.3 Å². The van der Waals surface area contributed by atoms with Crippen molar-refractivity contribution in [2.45, 2.75) is 61.9 Å². The second-order valence-electron chi connectivity index (χ2n) is 9.63. The minimum Gasteiger partial charge on any atom is -0.349 e. The third-order valence-electron chi connectivity index (χ3n) is 6.95. The van der Waals surface area contributed by atoms with Gasteiger partial charge >= 0.3 is 6.03 Å². The second-order valence-corrected chi connectivity index (χ2v) is 11.6. The molecule has 4 unspecified atom stereocenters. The van der Waals surface area contributed by atoms with Crippen molar-refractivity contribution in [1.29, 1.82) is 0 Å². The summed E-state index contributed by atoms with van der Waals surface area (Å²) in [4.78, 5) is 40.7. The normalized spacial score (nSPS) is 33.4. The SMILES string of the molecule is CN1CC(NC(=O)CN2C(=O)N(C)C(=O)C3CC(S(=O)(=O)NC4(C)CC4)CCC32)CN1. The van der Waals surface area contributed by atoms with E-state index in [4.69, 9.17) is 0 Å². The molecule has 2 heterocycles.